The molecule has 70 valence electrons. The Hall–Kier alpha value is 0.0700. The second kappa shape index (κ2) is 12.7. The predicted octanol–water partition coefficient (Wildman–Crippen LogP) is -0.963. The average Bonchev–Trinajstić information content (AvgIpc) is 2.05. The van der Waals surface area contributed by atoms with E-state index in [0.29, 0.717) is 0 Å². The van der Waals surface area contributed by atoms with Crippen LogP contribution in [0.15, 0.2) is 0 Å². The molecule has 0 bridgehead atoms. The average molecular weight is 185 g/mol. The van der Waals surface area contributed by atoms with Crippen LogP contribution in [0.1, 0.15) is 0 Å². The van der Waals surface area contributed by atoms with Crippen LogP contribution >= 0.6 is 8.03 Å². The second-order valence-corrected chi connectivity index (χ2v) is 2.95. The summed E-state index contributed by atoms with van der Waals surface area (Å²) in [4.78, 5) is 0. The Bertz CT molecular complexity index is 90.6. The summed E-state index contributed by atoms with van der Waals surface area (Å²) < 4.78 is 15.1. The van der Waals surface area contributed by atoms with Crippen molar-refractivity contribution in [3.63, 3.8) is 0 Å². The summed E-state index contributed by atoms with van der Waals surface area (Å²) in [6, 6.07) is 0. The molecule has 0 radical (unpaired) electrons. The lowest BCUT2D eigenvalue weighted by atomic mass is 10.8. The van der Waals surface area contributed by atoms with Crippen LogP contribution in [-0.4, -0.2) is 43.2 Å². The van der Waals surface area contributed by atoms with Crippen LogP contribution in [0.3, 0.4) is 0 Å². The Morgan fingerprint density at radius 2 is 1.91 bits per heavy atom. The lowest BCUT2D eigenvalue weighted by Crippen LogP contribution is -1.95. The van der Waals surface area contributed by atoms with Crippen LogP contribution in [-0.2, 0) is 9.09 Å². The fraction of sp³-hybridized carbons (Fsp3) is 1.00. The summed E-state index contributed by atoms with van der Waals surface area (Å²) in [5.41, 5.74) is 4.50. The van der Waals surface area contributed by atoms with Gasteiger partial charge in [-0.15, -0.1) is 0 Å². The van der Waals surface area contributed by atoms with Gasteiger partial charge in [-0.25, -0.2) is 0 Å². The molecule has 0 aliphatic carbocycles. The third-order valence-corrected chi connectivity index (χ3v) is 1.83. The number of aliphatic hydroxyl groups excluding tert-OH is 2. The van der Waals surface area contributed by atoms with Gasteiger partial charge in [0.25, 0.3) is 0 Å². The minimum absolute atomic E-state index is 0.0950. The molecule has 0 saturated heterocycles. The number of hydrogen-bond acceptors (Lipinski definition) is 5. The molecule has 0 aliphatic heterocycles. The molecule has 4 N–H and O–H groups in total. The first-order valence-electron chi connectivity index (χ1n) is 3.26. The van der Waals surface area contributed by atoms with E-state index < -0.39 is 8.03 Å². The zero-order chi connectivity index (χ0) is 9.11. The van der Waals surface area contributed by atoms with Crippen LogP contribution in [0, 0.1) is 0 Å². The van der Waals surface area contributed by atoms with E-state index >= 15 is 0 Å². The van der Waals surface area contributed by atoms with E-state index in [4.69, 9.17) is 10.2 Å². The molecule has 0 amide bonds. The summed E-state index contributed by atoms with van der Waals surface area (Å²) >= 11 is 0. The van der Waals surface area contributed by atoms with Gasteiger partial charge >= 0.3 is 0 Å². The topological polar surface area (TPSA) is 92.8 Å². The van der Waals surface area contributed by atoms with Gasteiger partial charge < -0.3 is 20.5 Å². The lowest BCUT2D eigenvalue weighted by molar-refractivity contribution is 0.206. The quantitative estimate of drug-likeness (QED) is 0.479. The molecule has 11 heavy (non-hydrogen) atoms. The van der Waals surface area contributed by atoms with Crippen molar-refractivity contribution < 1.29 is 19.3 Å². The maximum absolute atomic E-state index is 10.5. The highest BCUT2D eigenvalue weighted by atomic mass is 31.1. The summed E-state index contributed by atoms with van der Waals surface area (Å²) in [7, 11) is -0.563. The Balaban J connectivity index is 0. The van der Waals surface area contributed by atoms with Gasteiger partial charge in [0.2, 0.25) is 0 Å². The van der Waals surface area contributed by atoms with Gasteiger partial charge in [-0.2, -0.15) is 0 Å². The first-order chi connectivity index (χ1) is 5.31. The molecule has 0 fully saturated rings. The molecule has 0 spiro atoms. The van der Waals surface area contributed by atoms with Gasteiger partial charge in [-0.3, -0.25) is 4.57 Å². The summed E-state index contributed by atoms with van der Waals surface area (Å²) in [5, 5.41) is 16.4. The highest BCUT2D eigenvalue weighted by molar-refractivity contribution is 7.39. The maximum Gasteiger partial charge on any atom is 0.193 e. The molecule has 0 aromatic carbocycles. The Kier molecular flexibility index (Phi) is 15.8. The predicted molar refractivity (Wildman–Crippen MR) is 44.1 cm³/mol. The van der Waals surface area contributed by atoms with Gasteiger partial charge in [-0.05, 0) is 7.05 Å². The van der Waals surface area contributed by atoms with Crippen LogP contribution in [0.4, 0.5) is 0 Å². The van der Waals surface area contributed by atoms with E-state index in [9.17, 15) is 4.57 Å². The van der Waals surface area contributed by atoms with Crippen molar-refractivity contribution in [3.8, 4) is 0 Å². The van der Waals surface area contributed by atoms with E-state index in [1.807, 2.05) is 0 Å². The summed E-state index contributed by atoms with van der Waals surface area (Å²) in [5.74, 6) is 0. The minimum Gasteiger partial charge on any atom is -0.396 e. The highest BCUT2D eigenvalue weighted by Crippen LogP contribution is 2.19. The van der Waals surface area contributed by atoms with Crippen molar-refractivity contribution in [2.24, 2.45) is 5.73 Å². The molecular formula is C5H16NO4P. The number of aliphatic hydroxyl groups is 2. The lowest BCUT2D eigenvalue weighted by Gasteiger charge is -1.98. The van der Waals surface area contributed by atoms with E-state index in [1.54, 1.807) is 0 Å². The van der Waals surface area contributed by atoms with Gasteiger partial charge in [0, 0.05) is 6.16 Å². The molecule has 1 unspecified atom stereocenters. The van der Waals surface area contributed by atoms with Crippen molar-refractivity contribution in [2.45, 2.75) is 0 Å². The van der Waals surface area contributed by atoms with Crippen molar-refractivity contribution in [2.75, 3.05) is 33.0 Å². The Morgan fingerprint density at radius 1 is 1.36 bits per heavy atom. The molecule has 1 atom stereocenters. The smallest absolute Gasteiger partial charge is 0.193 e. The Labute approximate surface area is 67.0 Å². The zero-order valence-electron chi connectivity index (χ0n) is 6.62. The molecule has 0 rings (SSSR count). The van der Waals surface area contributed by atoms with Crippen LogP contribution in [0.5, 0.6) is 0 Å². The fourth-order valence-corrected chi connectivity index (χ4v) is 0.969. The molecule has 5 nitrogen and oxygen atoms in total. The third-order valence-electron chi connectivity index (χ3n) is 0.670. The minimum atomic E-state index is -2.06. The van der Waals surface area contributed by atoms with Crippen LogP contribution < -0.4 is 5.73 Å². The van der Waals surface area contributed by atoms with Crippen molar-refractivity contribution in [3.05, 3.63) is 0 Å². The molecular weight excluding hydrogens is 169 g/mol. The zero-order valence-corrected chi connectivity index (χ0v) is 7.62. The molecule has 6 heteroatoms. The van der Waals surface area contributed by atoms with Crippen molar-refractivity contribution in [1.29, 1.82) is 0 Å². The fourth-order valence-electron chi connectivity index (χ4n) is 0.323. The second-order valence-electron chi connectivity index (χ2n) is 1.42. The SMILES string of the molecule is CN.O=[PH](CCO)OCCO. The van der Waals surface area contributed by atoms with Crippen molar-refractivity contribution >= 4 is 8.03 Å². The molecule has 0 heterocycles. The molecule has 0 aromatic heterocycles. The van der Waals surface area contributed by atoms with Gasteiger partial charge in [0.05, 0.1) is 19.8 Å². The van der Waals surface area contributed by atoms with E-state index in [1.165, 1.54) is 7.05 Å². The van der Waals surface area contributed by atoms with Gasteiger partial charge in [0.1, 0.15) is 0 Å². The number of hydrogen-bond donors (Lipinski definition) is 3. The summed E-state index contributed by atoms with van der Waals surface area (Å²) in [6.07, 6.45) is 0.185. The number of rotatable bonds is 5. The molecule has 0 saturated carbocycles. The normalized spacial score (nSPS) is 11.6. The van der Waals surface area contributed by atoms with E-state index in [2.05, 4.69) is 10.3 Å². The highest BCUT2D eigenvalue weighted by Gasteiger charge is 1.95. The maximum atomic E-state index is 10.5. The third kappa shape index (κ3) is 13.1. The van der Waals surface area contributed by atoms with Gasteiger partial charge in [-0.1, -0.05) is 0 Å². The standard InChI is InChI=1S/C4H11O4P.CH5N/c5-1-3-8-9(7)4-2-6;1-2/h5-6,9H,1-4H2;2H2,1H3. The number of nitrogens with two attached hydrogens (primary N) is 1. The van der Waals surface area contributed by atoms with Crippen molar-refractivity contribution in [1.82, 2.24) is 0 Å². The summed E-state index contributed by atoms with van der Waals surface area (Å²) in [6.45, 7) is -0.150. The Morgan fingerprint density at radius 3 is 2.27 bits per heavy atom. The molecule has 0 aromatic rings. The first kappa shape index (κ1) is 13.6. The van der Waals surface area contributed by atoms with Crippen LogP contribution in [0.25, 0.3) is 0 Å². The monoisotopic (exact) mass is 185 g/mol. The van der Waals surface area contributed by atoms with Gasteiger partial charge in [0.15, 0.2) is 8.03 Å². The largest absolute Gasteiger partial charge is 0.396 e. The van der Waals surface area contributed by atoms with Crippen LogP contribution in [0.2, 0.25) is 0 Å². The van der Waals surface area contributed by atoms with E-state index in [0.717, 1.165) is 0 Å². The first-order valence-corrected chi connectivity index (χ1v) is 4.78. The molecule has 0 aliphatic rings. The van der Waals surface area contributed by atoms with E-state index in [-0.39, 0.29) is 26.0 Å².